The summed E-state index contributed by atoms with van der Waals surface area (Å²) >= 11 is 3.71. The molecular weight excluding hydrogens is 478 g/mol. The third kappa shape index (κ3) is 3.26. The van der Waals surface area contributed by atoms with Gasteiger partial charge in [0.05, 0.1) is 32.2 Å². The highest BCUT2D eigenvalue weighted by Gasteiger charge is 2.46. The average Bonchev–Trinajstić information content (AvgIpc) is 3.37. The summed E-state index contributed by atoms with van der Waals surface area (Å²) in [6.07, 6.45) is 5.59. The minimum atomic E-state index is 0.605. The lowest BCUT2D eigenvalue weighted by molar-refractivity contribution is 0.160. The average molecular weight is 505 g/mol. The van der Waals surface area contributed by atoms with Crippen LogP contribution >= 0.6 is 23.1 Å². The van der Waals surface area contributed by atoms with Crippen molar-refractivity contribution in [3.63, 3.8) is 0 Å². The van der Waals surface area contributed by atoms with Crippen LogP contribution in [0.2, 0.25) is 0 Å². The van der Waals surface area contributed by atoms with Gasteiger partial charge in [-0.3, -0.25) is 0 Å². The molecule has 8 rings (SSSR count). The van der Waals surface area contributed by atoms with E-state index in [0.29, 0.717) is 5.41 Å². The molecule has 0 aromatic heterocycles. The van der Waals surface area contributed by atoms with Crippen LogP contribution in [-0.4, -0.2) is 18.1 Å². The molecule has 1 saturated heterocycles. The Bertz CT molecular complexity index is 1650. The zero-order valence-electron chi connectivity index (χ0n) is 20.0. The van der Waals surface area contributed by atoms with Crippen LogP contribution in [0.5, 0.6) is 0 Å². The van der Waals surface area contributed by atoms with Crippen molar-refractivity contribution in [3.05, 3.63) is 90.3 Å². The Balaban J connectivity index is 1.27. The summed E-state index contributed by atoms with van der Waals surface area (Å²) in [5.41, 5.74) is 6.41. The van der Waals surface area contributed by atoms with E-state index in [-0.39, 0.29) is 0 Å². The minimum Gasteiger partial charge on any atom is -0.308 e. The monoisotopic (exact) mass is 504 g/mol. The van der Waals surface area contributed by atoms with Crippen molar-refractivity contribution in [3.8, 4) is 10.6 Å². The largest absolute Gasteiger partial charge is 0.308 e. The van der Waals surface area contributed by atoms with E-state index >= 15 is 0 Å². The van der Waals surface area contributed by atoms with E-state index in [1.54, 1.807) is 0 Å². The summed E-state index contributed by atoms with van der Waals surface area (Å²) in [6, 6.07) is 31.0. The molecular formula is C31H26N3S2+. The van der Waals surface area contributed by atoms with Gasteiger partial charge in [0, 0.05) is 39.4 Å². The van der Waals surface area contributed by atoms with E-state index in [2.05, 4.69) is 94.4 Å². The van der Waals surface area contributed by atoms with Crippen molar-refractivity contribution in [1.29, 1.82) is 0 Å². The van der Waals surface area contributed by atoms with E-state index in [1.165, 1.54) is 80.6 Å². The summed E-state index contributed by atoms with van der Waals surface area (Å²) in [4.78, 5) is 11.3. The zero-order chi connectivity index (χ0) is 23.7. The van der Waals surface area contributed by atoms with Crippen molar-refractivity contribution in [2.24, 2.45) is 5.41 Å². The summed E-state index contributed by atoms with van der Waals surface area (Å²) in [7, 11) is 0. The maximum absolute atomic E-state index is 5.05. The predicted octanol–water partition coefficient (Wildman–Crippen LogP) is 7.68. The van der Waals surface area contributed by atoms with E-state index in [9.17, 15) is 0 Å². The second-order valence-electron chi connectivity index (χ2n) is 10.4. The summed E-state index contributed by atoms with van der Waals surface area (Å²) in [5.74, 6) is 0. The molecule has 2 aliphatic carbocycles. The maximum atomic E-state index is 5.05. The molecule has 3 aliphatic heterocycles. The van der Waals surface area contributed by atoms with Crippen molar-refractivity contribution < 1.29 is 0 Å². The third-order valence-corrected chi connectivity index (χ3v) is 10.5. The Morgan fingerprint density at radius 2 is 1.58 bits per heavy atom. The normalized spacial score (nSPS) is 19.4. The molecule has 0 atom stereocenters. The number of hydrogen-bond acceptors (Lipinski definition) is 4. The second-order valence-corrected chi connectivity index (χ2v) is 12.6. The fourth-order valence-electron chi connectivity index (χ4n) is 6.16. The smallest absolute Gasteiger partial charge is 0.201 e. The summed E-state index contributed by atoms with van der Waals surface area (Å²) in [6.45, 7) is 2.41. The molecule has 0 radical (unpaired) electrons. The first-order valence-corrected chi connectivity index (χ1v) is 14.5. The van der Waals surface area contributed by atoms with Crippen LogP contribution in [0.3, 0.4) is 0 Å². The van der Waals surface area contributed by atoms with Crippen molar-refractivity contribution in [1.82, 2.24) is 9.56 Å². The van der Waals surface area contributed by atoms with Gasteiger partial charge in [-0.1, -0.05) is 42.4 Å². The number of anilines is 3. The molecule has 5 heteroatoms. The van der Waals surface area contributed by atoms with Gasteiger partial charge in [0.2, 0.25) is 5.36 Å². The standard InChI is InChI=1S/C31H26N3S2/c1-3-8-27-25(6-1)34(26-7-2-4-9-28(26)35-27)22-11-13-24-30(19-22)36-29-18-21(10-12-23(29)32-24)33-17-16-31(20-33)14-5-15-31/h1-4,6-13,18-19H,5,14-17,20H2/q+1. The number of fused-ring (bicyclic) bond motifs is 4. The third-order valence-electron chi connectivity index (χ3n) is 8.26. The lowest BCUT2D eigenvalue weighted by Gasteiger charge is -2.33. The predicted molar refractivity (Wildman–Crippen MR) is 151 cm³/mol. The highest BCUT2D eigenvalue weighted by Crippen LogP contribution is 2.51. The molecule has 2 fully saturated rings. The van der Waals surface area contributed by atoms with Crippen LogP contribution in [0.4, 0.5) is 17.1 Å². The van der Waals surface area contributed by atoms with E-state index in [4.69, 9.17) is 4.98 Å². The Labute approximate surface area is 219 Å². The molecule has 1 spiro atoms. The number of aromatic nitrogens is 1. The molecule has 3 nitrogen and oxygen atoms in total. The van der Waals surface area contributed by atoms with Crippen molar-refractivity contribution in [2.45, 2.75) is 35.5 Å². The molecule has 5 aliphatic rings. The number of hydrogen-bond donors (Lipinski definition) is 0. The second kappa shape index (κ2) is 7.92. The molecule has 3 aromatic rings. The molecule has 36 heavy (non-hydrogen) atoms. The fourth-order valence-corrected chi connectivity index (χ4v) is 8.25. The lowest BCUT2D eigenvalue weighted by Crippen LogP contribution is -2.35. The van der Waals surface area contributed by atoms with Gasteiger partial charge in [-0.15, -0.1) is 11.3 Å². The van der Waals surface area contributed by atoms with Gasteiger partial charge in [-0.2, -0.15) is 0 Å². The molecule has 3 aromatic carbocycles. The molecule has 0 N–H and O–H groups in total. The molecule has 0 unspecified atom stereocenters. The number of rotatable bonds is 1. The van der Waals surface area contributed by atoms with Gasteiger partial charge in [0.15, 0.2) is 0 Å². The Morgan fingerprint density at radius 1 is 0.806 bits per heavy atom. The highest BCUT2D eigenvalue weighted by atomic mass is 32.2. The quantitative estimate of drug-likeness (QED) is 0.169. The van der Waals surface area contributed by atoms with Crippen molar-refractivity contribution >= 4 is 50.4 Å². The lowest BCUT2D eigenvalue weighted by atomic mass is 9.68. The summed E-state index contributed by atoms with van der Waals surface area (Å²) < 4.78 is 3.83. The zero-order valence-corrected chi connectivity index (χ0v) is 21.6. The van der Waals surface area contributed by atoms with Crippen LogP contribution in [0, 0.1) is 5.41 Å². The molecule has 1 saturated carbocycles. The van der Waals surface area contributed by atoms with Gasteiger partial charge in [-0.25, -0.2) is 9.56 Å². The van der Waals surface area contributed by atoms with Crippen LogP contribution in [0.1, 0.15) is 25.7 Å². The van der Waals surface area contributed by atoms with E-state index in [1.807, 2.05) is 23.1 Å². The number of nitrogens with zero attached hydrogens (tertiary/aromatic N) is 3. The topological polar surface area (TPSA) is 19.1 Å². The SMILES string of the molecule is c1ccc2c(c1)Sc1ccccc1N2c1ccc2nc3ccc(=[N+]4CCC5(CCC5)C4)cc-3sc2c1. The van der Waals surface area contributed by atoms with E-state index < -0.39 is 0 Å². The van der Waals surface area contributed by atoms with Gasteiger partial charge < -0.3 is 4.90 Å². The Kier molecular flexibility index (Phi) is 4.62. The minimum absolute atomic E-state index is 0.605. The maximum Gasteiger partial charge on any atom is 0.201 e. The first-order chi connectivity index (χ1) is 17.7. The van der Waals surface area contributed by atoms with Crippen LogP contribution < -0.4 is 14.8 Å². The molecule has 3 heterocycles. The van der Waals surface area contributed by atoms with Gasteiger partial charge in [0.25, 0.3) is 0 Å². The first-order valence-electron chi connectivity index (χ1n) is 12.8. The number of benzene rings is 4. The van der Waals surface area contributed by atoms with Crippen LogP contribution in [0.25, 0.3) is 20.8 Å². The molecule has 0 amide bonds. The fraction of sp³-hybridized carbons (Fsp3) is 0.226. The van der Waals surface area contributed by atoms with Gasteiger partial charge in [0.1, 0.15) is 13.1 Å². The Hall–Kier alpha value is -3.15. The van der Waals surface area contributed by atoms with Gasteiger partial charge in [-0.05, 0) is 61.4 Å². The Morgan fingerprint density at radius 3 is 2.31 bits per heavy atom. The highest BCUT2D eigenvalue weighted by molar-refractivity contribution is 7.99. The van der Waals surface area contributed by atoms with Crippen LogP contribution in [0.15, 0.2) is 94.7 Å². The number of para-hydroxylation sites is 2. The first kappa shape index (κ1) is 21.0. The molecule has 0 bridgehead atoms. The summed E-state index contributed by atoms with van der Waals surface area (Å²) in [5, 5.41) is 1.36. The van der Waals surface area contributed by atoms with E-state index in [0.717, 1.165) is 11.2 Å². The van der Waals surface area contributed by atoms with Gasteiger partial charge >= 0.3 is 0 Å². The molecule has 176 valence electrons. The van der Waals surface area contributed by atoms with Crippen LogP contribution in [-0.2, 0) is 0 Å². The van der Waals surface area contributed by atoms with Crippen molar-refractivity contribution in [2.75, 3.05) is 18.0 Å².